The summed E-state index contributed by atoms with van der Waals surface area (Å²) in [5, 5.41) is 3.16. The largest absolute Gasteiger partial charge is 0.307 e. The first-order valence-electron chi connectivity index (χ1n) is 6.05. The lowest BCUT2D eigenvalue weighted by Gasteiger charge is -2.08. The first-order valence-corrected chi connectivity index (χ1v) is 6.05. The van der Waals surface area contributed by atoms with Gasteiger partial charge in [0.1, 0.15) is 0 Å². The van der Waals surface area contributed by atoms with Crippen LogP contribution in [-0.2, 0) is 12.8 Å². The number of carbonyl (C=O) groups is 1. The second-order valence-electron chi connectivity index (χ2n) is 4.80. The van der Waals surface area contributed by atoms with E-state index >= 15 is 0 Å². The van der Waals surface area contributed by atoms with E-state index in [1.807, 2.05) is 6.07 Å². The Balaban J connectivity index is 2.06. The molecule has 0 aromatic heterocycles. The lowest BCUT2D eigenvalue weighted by Crippen LogP contribution is -2.29. The molecule has 1 aliphatic rings. The predicted molar refractivity (Wildman–Crippen MR) is 65.9 cm³/mol. The summed E-state index contributed by atoms with van der Waals surface area (Å²) < 4.78 is 0. The van der Waals surface area contributed by atoms with Gasteiger partial charge >= 0.3 is 0 Å². The van der Waals surface area contributed by atoms with Crippen LogP contribution in [0.1, 0.15) is 41.8 Å². The van der Waals surface area contributed by atoms with Crippen molar-refractivity contribution in [2.24, 2.45) is 0 Å². The van der Waals surface area contributed by atoms with Crippen LogP contribution in [0.25, 0.3) is 0 Å². The van der Waals surface area contributed by atoms with Crippen LogP contribution in [0.3, 0.4) is 0 Å². The maximum absolute atomic E-state index is 11.9. The van der Waals surface area contributed by atoms with E-state index in [1.54, 1.807) is 0 Å². The molecule has 0 atom stereocenters. The van der Waals surface area contributed by atoms with Gasteiger partial charge in [-0.3, -0.25) is 4.79 Å². The maximum Gasteiger partial charge on any atom is 0.176 e. The molecule has 0 unspecified atom stereocenters. The first-order chi connectivity index (χ1) is 7.66. The highest BCUT2D eigenvalue weighted by molar-refractivity contribution is 5.97. The number of benzene rings is 1. The van der Waals surface area contributed by atoms with Crippen molar-refractivity contribution >= 4 is 5.78 Å². The fourth-order valence-corrected chi connectivity index (χ4v) is 2.14. The van der Waals surface area contributed by atoms with Crippen molar-refractivity contribution in [2.75, 3.05) is 6.54 Å². The van der Waals surface area contributed by atoms with Crippen molar-refractivity contribution < 1.29 is 4.79 Å². The van der Waals surface area contributed by atoms with Gasteiger partial charge in [0.05, 0.1) is 6.54 Å². The Hall–Kier alpha value is -1.15. The van der Waals surface area contributed by atoms with Crippen molar-refractivity contribution in [3.63, 3.8) is 0 Å². The van der Waals surface area contributed by atoms with E-state index in [0.717, 1.165) is 12.0 Å². The van der Waals surface area contributed by atoms with Crippen LogP contribution in [0.5, 0.6) is 0 Å². The normalized spacial score (nSPS) is 14.2. The Labute approximate surface area is 97.1 Å². The summed E-state index contributed by atoms with van der Waals surface area (Å²) in [4.78, 5) is 11.9. The summed E-state index contributed by atoms with van der Waals surface area (Å²) >= 11 is 0. The molecule has 0 amide bonds. The molecule has 2 rings (SSSR count). The van der Waals surface area contributed by atoms with Gasteiger partial charge < -0.3 is 5.32 Å². The smallest absolute Gasteiger partial charge is 0.176 e. The van der Waals surface area contributed by atoms with Crippen molar-refractivity contribution in [3.05, 3.63) is 34.9 Å². The molecule has 1 aromatic rings. The number of rotatable bonds is 4. The highest BCUT2D eigenvalue weighted by Crippen LogP contribution is 2.22. The molecular formula is C14H19NO. The molecule has 0 spiro atoms. The zero-order chi connectivity index (χ0) is 11.5. The number of aryl methyl sites for hydroxylation is 2. The topological polar surface area (TPSA) is 29.1 Å². The van der Waals surface area contributed by atoms with E-state index in [0.29, 0.717) is 12.6 Å². The molecule has 1 aliphatic carbocycles. The zero-order valence-corrected chi connectivity index (χ0v) is 10.0. The number of nitrogens with one attached hydrogen (secondary N) is 1. The Morgan fingerprint density at radius 1 is 1.31 bits per heavy atom. The monoisotopic (exact) mass is 217 g/mol. The molecule has 0 saturated heterocycles. The van der Waals surface area contributed by atoms with Gasteiger partial charge in [-0.25, -0.2) is 0 Å². The molecule has 0 radical (unpaired) electrons. The SMILES string of the molecule is CC(C)NCC(=O)c1ccc2c(c1)CCC2. The summed E-state index contributed by atoms with van der Waals surface area (Å²) in [5.74, 6) is 0.198. The summed E-state index contributed by atoms with van der Waals surface area (Å²) in [6.07, 6.45) is 3.54. The average molecular weight is 217 g/mol. The third-order valence-corrected chi connectivity index (χ3v) is 3.09. The molecule has 1 N–H and O–H groups in total. The van der Waals surface area contributed by atoms with E-state index in [-0.39, 0.29) is 5.78 Å². The summed E-state index contributed by atoms with van der Waals surface area (Å²) in [6.45, 7) is 4.54. The third kappa shape index (κ3) is 2.50. The molecule has 2 heteroatoms. The second-order valence-corrected chi connectivity index (χ2v) is 4.80. The van der Waals surface area contributed by atoms with Gasteiger partial charge in [-0.1, -0.05) is 26.0 Å². The number of ketones is 1. The number of fused-ring (bicyclic) bond motifs is 1. The van der Waals surface area contributed by atoms with Crippen LogP contribution in [0, 0.1) is 0 Å². The van der Waals surface area contributed by atoms with Crippen LogP contribution in [0.4, 0.5) is 0 Å². The molecular weight excluding hydrogens is 198 g/mol. The fourth-order valence-electron chi connectivity index (χ4n) is 2.14. The minimum Gasteiger partial charge on any atom is -0.307 e. The molecule has 16 heavy (non-hydrogen) atoms. The summed E-state index contributed by atoms with van der Waals surface area (Å²) in [7, 11) is 0. The zero-order valence-electron chi connectivity index (χ0n) is 10.0. The highest BCUT2D eigenvalue weighted by atomic mass is 16.1. The van der Waals surface area contributed by atoms with Gasteiger partial charge in [0, 0.05) is 11.6 Å². The van der Waals surface area contributed by atoms with Gasteiger partial charge in [0.2, 0.25) is 0 Å². The van der Waals surface area contributed by atoms with Crippen molar-refractivity contribution in [3.8, 4) is 0 Å². The van der Waals surface area contributed by atoms with Crippen LogP contribution < -0.4 is 5.32 Å². The van der Waals surface area contributed by atoms with Gasteiger partial charge in [0.15, 0.2) is 5.78 Å². The van der Waals surface area contributed by atoms with Crippen LogP contribution >= 0.6 is 0 Å². The number of hydrogen-bond acceptors (Lipinski definition) is 2. The Bertz CT molecular complexity index is 396. The van der Waals surface area contributed by atoms with Crippen molar-refractivity contribution in [1.29, 1.82) is 0 Å². The predicted octanol–water partition coefficient (Wildman–Crippen LogP) is 2.36. The fraction of sp³-hybridized carbons (Fsp3) is 0.500. The van der Waals surface area contributed by atoms with E-state index in [1.165, 1.54) is 24.0 Å². The van der Waals surface area contributed by atoms with Gasteiger partial charge in [0.25, 0.3) is 0 Å². The molecule has 86 valence electrons. The molecule has 0 bridgehead atoms. The van der Waals surface area contributed by atoms with Crippen molar-refractivity contribution in [2.45, 2.75) is 39.2 Å². The molecule has 0 fully saturated rings. The maximum atomic E-state index is 11.9. The Kier molecular flexibility index (Phi) is 3.39. The lowest BCUT2D eigenvalue weighted by atomic mass is 10.0. The standard InChI is InChI=1S/C14H19NO/c1-10(2)15-9-14(16)13-7-6-11-4-3-5-12(11)8-13/h6-8,10,15H,3-5,9H2,1-2H3. The molecule has 0 saturated carbocycles. The molecule has 1 aromatic carbocycles. The molecule has 2 nitrogen and oxygen atoms in total. The highest BCUT2D eigenvalue weighted by Gasteiger charge is 2.13. The van der Waals surface area contributed by atoms with Gasteiger partial charge in [-0.2, -0.15) is 0 Å². The summed E-state index contributed by atoms with van der Waals surface area (Å²) in [6, 6.07) is 6.52. The van der Waals surface area contributed by atoms with Crippen molar-refractivity contribution in [1.82, 2.24) is 5.32 Å². The van der Waals surface area contributed by atoms with E-state index in [2.05, 4.69) is 31.3 Å². The number of carbonyl (C=O) groups excluding carboxylic acids is 1. The lowest BCUT2D eigenvalue weighted by molar-refractivity contribution is 0.0988. The van der Waals surface area contributed by atoms with E-state index < -0.39 is 0 Å². The van der Waals surface area contributed by atoms with Crippen LogP contribution in [-0.4, -0.2) is 18.4 Å². The quantitative estimate of drug-likeness (QED) is 0.784. The van der Waals surface area contributed by atoms with E-state index in [4.69, 9.17) is 0 Å². The average Bonchev–Trinajstić information content (AvgIpc) is 2.72. The van der Waals surface area contributed by atoms with Crippen LogP contribution in [0.2, 0.25) is 0 Å². The minimum absolute atomic E-state index is 0.198. The Morgan fingerprint density at radius 2 is 2.06 bits per heavy atom. The van der Waals surface area contributed by atoms with Gasteiger partial charge in [-0.15, -0.1) is 0 Å². The molecule has 0 heterocycles. The minimum atomic E-state index is 0.198. The van der Waals surface area contributed by atoms with Crippen LogP contribution in [0.15, 0.2) is 18.2 Å². The van der Waals surface area contributed by atoms with Gasteiger partial charge in [-0.05, 0) is 36.5 Å². The second kappa shape index (κ2) is 4.79. The first kappa shape index (κ1) is 11.3. The number of hydrogen-bond donors (Lipinski definition) is 1. The Morgan fingerprint density at radius 3 is 2.81 bits per heavy atom. The molecule has 0 aliphatic heterocycles. The van der Waals surface area contributed by atoms with E-state index in [9.17, 15) is 4.79 Å². The number of Topliss-reactive ketones (excluding diaryl/α,β-unsaturated/α-hetero) is 1. The summed E-state index contributed by atoms with van der Waals surface area (Å²) in [5.41, 5.74) is 3.65. The third-order valence-electron chi connectivity index (χ3n) is 3.09.